The van der Waals surface area contributed by atoms with Crippen LogP contribution in [0.25, 0.3) is 0 Å². The lowest BCUT2D eigenvalue weighted by atomic mass is 9.64. The van der Waals surface area contributed by atoms with E-state index >= 15 is 0 Å². The molecule has 7 heteroatoms. The lowest BCUT2D eigenvalue weighted by Gasteiger charge is -2.51. The van der Waals surface area contributed by atoms with Crippen LogP contribution >= 0.6 is 0 Å². The van der Waals surface area contributed by atoms with Gasteiger partial charge in [-0.1, -0.05) is 105 Å². The minimum atomic E-state index is -2.35. The molecule has 0 aromatic heterocycles. The number of allylic oxidation sites excluding steroid dienone is 5. The van der Waals surface area contributed by atoms with Gasteiger partial charge in [-0.3, -0.25) is 0 Å². The topological polar surface area (TPSA) is 54.0 Å². The summed E-state index contributed by atoms with van der Waals surface area (Å²) in [7, 11) is -4.55. The van der Waals surface area contributed by atoms with Gasteiger partial charge in [-0.05, 0) is 104 Å². The molecule has 0 spiro atoms. The molecule has 0 aromatic carbocycles. The molecule has 4 atom stereocenters. The Kier molecular flexibility index (Phi) is 12.8. The van der Waals surface area contributed by atoms with Crippen molar-refractivity contribution in [3.8, 4) is 0 Å². The van der Waals surface area contributed by atoms with Crippen molar-refractivity contribution in [3.63, 3.8) is 0 Å². The van der Waals surface area contributed by atoms with Crippen molar-refractivity contribution in [2.45, 2.75) is 181 Å². The van der Waals surface area contributed by atoms with Crippen LogP contribution in [-0.4, -0.2) is 47.2 Å². The zero-order chi connectivity index (χ0) is 35.6. The van der Waals surface area contributed by atoms with Crippen molar-refractivity contribution < 1.29 is 23.1 Å². The van der Waals surface area contributed by atoms with E-state index in [2.05, 4.69) is 106 Å². The molecule has 3 aliphatic rings. The first kappa shape index (κ1) is 40.2. The molecule has 47 heavy (non-hydrogen) atoms. The highest BCUT2D eigenvalue weighted by molar-refractivity contribution is 6.74. The first-order chi connectivity index (χ1) is 21.5. The van der Waals surface area contributed by atoms with Gasteiger partial charge in [0.15, 0.2) is 22.4 Å². The summed E-state index contributed by atoms with van der Waals surface area (Å²) in [6.07, 6.45) is 15.3. The monoisotopic (exact) mass is 686 g/mol. The van der Waals surface area contributed by atoms with Crippen molar-refractivity contribution in [2.24, 2.45) is 11.3 Å². The van der Waals surface area contributed by atoms with E-state index in [0.29, 0.717) is 18.8 Å². The normalized spacial score (nSPS) is 29.4. The summed E-state index contributed by atoms with van der Waals surface area (Å²) < 4.78 is 27.0. The van der Waals surface area contributed by atoms with Gasteiger partial charge in [-0.2, -0.15) is 0 Å². The molecule has 0 saturated heterocycles. The maximum atomic E-state index is 13.2. The van der Waals surface area contributed by atoms with Crippen LogP contribution in [0.3, 0.4) is 0 Å². The molecular formula is C40H70O5Si2. The Hall–Kier alpha value is -1.26. The lowest BCUT2D eigenvalue weighted by Crippen LogP contribution is -2.56. The van der Waals surface area contributed by atoms with Crippen LogP contribution in [0.15, 0.2) is 47.1 Å². The first-order valence-corrected chi connectivity index (χ1v) is 24.4. The van der Waals surface area contributed by atoms with E-state index in [0.717, 1.165) is 43.3 Å². The smallest absolute Gasteiger partial charge is 0.332 e. The van der Waals surface area contributed by atoms with Crippen LogP contribution < -0.4 is 0 Å². The number of rotatable bonds is 12. The molecule has 5 nitrogen and oxygen atoms in total. The number of carbonyl (C=O) groups excluding carboxylic acids is 1. The summed E-state index contributed by atoms with van der Waals surface area (Å²) in [5, 5.41) is -0.0208. The number of fused-ring (bicyclic) bond motifs is 1. The second-order valence-electron chi connectivity index (χ2n) is 17.8. The quantitative estimate of drug-likeness (QED) is 0.0885. The molecule has 0 aromatic rings. The molecule has 0 amide bonds. The van der Waals surface area contributed by atoms with Crippen LogP contribution in [0.5, 0.6) is 0 Å². The Morgan fingerprint density at radius 2 is 1.64 bits per heavy atom. The van der Waals surface area contributed by atoms with E-state index in [1.165, 1.54) is 18.4 Å². The highest BCUT2D eigenvalue weighted by Crippen LogP contribution is 2.56. The van der Waals surface area contributed by atoms with Crippen molar-refractivity contribution >= 4 is 22.6 Å². The molecule has 3 aliphatic carbocycles. The zero-order valence-corrected chi connectivity index (χ0v) is 34.8. The van der Waals surface area contributed by atoms with E-state index in [1.54, 1.807) is 5.57 Å². The van der Waals surface area contributed by atoms with Crippen LogP contribution in [0, 0.1) is 11.3 Å². The molecule has 268 valence electrons. The molecule has 2 fully saturated rings. The van der Waals surface area contributed by atoms with Crippen molar-refractivity contribution in [1.82, 2.24) is 0 Å². The molecule has 0 N–H and O–H groups in total. The SMILES string of the molecule is C=C1C(=CC=C2CCC[C@]3(C)C(CC)=CC[C@@H]23)C[C@@](OCC(=O)OC(CC)CC)(O[Si](C)(C)C(C)(C)C)CC1O[Si](C)(C)C(C)(C)C. The predicted octanol–water partition coefficient (Wildman–Crippen LogP) is 11.6. The maximum absolute atomic E-state index is 13.2. The lowest BCUT2D eigenvalue weighted by molar-refractivity contribution is -0.217. The van der Waals surface area contributed by atoms with Gasteiger partial charge in [0.05, 0.1) is 6.10 Å². The number of hydrogen-bond acceptors (Lipinski definition) is 5. The van der Waals surface area contributed by atoms with Crippen LogP contribution in [0.4, 0.5) is 0 Å². The largest absolute Gasteiger partial charge is 0.461 e. The van der Waals surface area contributed by atoms with Gasteiger partial charge < -0.3 is 18.3 Å². The van der Waals surface area contributed by atoms with E-state index in [9.17, 15) is 4.79 Å². The Morgan fingerprint density at radius 1 is 1.02 bits per heavy atom. The highest BCUT2D eigenvalue weighted by Gasteiger charge is 2.52. The summed E-state index contributed by atoms with van der Waals surface area (Å²) >= 11 is 0. The molecule has 3 rings (SSSR count). The number of hydrogen-bond donors (Lipinski definition) is 0. The Balaban J connectivity index is 2.10. The third kappa shape index (κ3) is 9.11. The Morgan fingerprint density at radius 3 is 2.19 bits per heavy atom. The average molecular weight is 687 g/mol. The van der Waals surface area contributed by atoms with Gasteiger partial charge in [0.1, 0.15) is 12.7 Å². The maximum Gasteiger partial charge on any atom is 0.332 e. The van der Waals surface area contributed by atoms with Crippen LogP contribution in [0.2, 0.25) is 36.3 Å². The standard InChI is InChI=1S/C40H70O5Si2/c1-16-32-23-24-34-30(20-19-25-39(32,34)11)21-22-31-26-40(45-47(14,15)38(8,9)10,42-28-36(41)43-33(17-2)18-3)27-35(29(31)4)44-46(12,13)37(5,6)7/h21-23,33-35H,4,16-20,24-28H2,1-3,5-15H3/t34-,35?,39+,40+/m0/s1. The second kappa shape index (κ2) is 14.9. The zero-order valence-electron chi connectivity index (χ0n) is 32.8. The Labute approximate surface area is 291 Å². The average Bonchev–Trinajstić information content (AvgIpc) is 3.30. The highest BCUT2D eigenvalue weighted by atomic mass is 28.4. The fourth-order valence-electron chi connectivity index (χ4n) is 7.26. The minimum Gasteiger partial charge on any atom is -0.461 e. The molecule has 1 unspecified atom stereocenters. The molecular weight excluding hydrogens is 617 g/mol. The summed E-state index contributed by atoms with van der Waals surface area (Å²) in [5.74, 6) is -0.804. The van der Waals surface area contributed by atoms with E-state index in [4.69, 9.17) is 18.3 Å². The summed E-state index contributed by atoms with van der Waals surface area (Å²) in [5.41, 5.74) is 5.55. The first-order valence-electron chi connectivity index (χ1n) is 18.5. The van der Waals surface area contributed by atoms with Gasteiger partial charge in [0.2, 0.25) is 0 Å². The van der Waals surface area contributed by atoms with E-state index in [1.807, 2.05) is 13.8 Å². The summed E-state index contributed by atoms with van der Waals surface area (Å²) in [6.45, 7) is 36.1. The van der Waals surface area contributed by atoms with Gasteiger partial charge in [0, 0.05) is 12.8 Å². The van der Waals surface area contributed by atoms with Crippen molar-refractivity contribution in [3.05, 3.63) is 47.1 Å². The molecule has 0 aliphatic heterocycles. The fraction of sp³-hybridized carbons (Fsp3) is 0.775. The third-order valence-corrected chi connectivity index (χ3v) is 21.5. The van der Waals surface area contributed by atoms with Gasteiger partial charge in [0.25, 0.3) is 0 Å². The van der Waals surface area contributed by atoms with Crippen molar-refractivity contribution in [1.29, 1.82) is 0 Å². The predicted molar refractivity (Wildman–Crippen MR) is 202 cm³/mol. The second-order valence-corrected chi connectivity index (χ2v) is 27.3. The Bertz CT molecular complexity index is 1230. The minimum absolute atomic E-state index is 0.0263. The molecule has 0 radical (unpaired) electrons. The number of carbonyl (C=O) groups is 1. The van der Waals surface area contributed by atoms with Gasteiger partial charge >= 0.3 is 5.97 Å². The molecule has 0 heterocycles. The summed E-state index contributed by atoms with van der Waals surface area (Å²) in [4.78, 5) is 13.2. The molecule has 2 saturated carbocycles. The third-order valence-electron chi connectivity index (χ3n) is 12.5. The fourth-order valence-corrected chi connectivity index (χ4v) is 10.0. The van der Waals surface area contributed by atoms with Gasteiger partial charge in [-0.15, -0.1) is 0 Å². The van der Waals surface area contributed by atoms with Gasteiger partial charge in [-0.25, -0.2) is 4.79 Å². The number of ether oxygens (including phenoxy) is 2. The van der Waals surface area contributed by atoms with Crippen molar-refractivity contribution in [2.75, 3.05) is 6.61 Å². The van der Waals surface area contributed by atoms with E-state index < -0.39 is 22.4 Å². The van der Waals surface area contributed by atoms with Crippen LogP contribution in [-0.2, 0) is 23.1 Å². The van der Waals surface area contributed by atoms with E-state index in [-0.39, 0.29) is 40.3 Å². The molecule has 0 bridgehead atoms. The number of esters is 1. The van der Waals surface area contributed by atoms with Crippen LogP contribution in [0.1, 0.15) is 127 Å². The summed E-state index contributed by atoms with van der Waals surface area (Å²) in [6, 6.07) is 0.